The molecule has 2 aromatic carbocycles. The molecule has 2 nitrogen and oxygen atoms in total. The second-order valence-electron chi connectivity index (χ2n) is 3.46. The van der Waals surface area contributed by atoms with Gasteiger partial charge in [-0.25, -0.2) is 0 Å². The van der Waals surface area contributed by atoms with Crippen LogP contribution >= 0.6 is 23.2 Å². The Morgan fingerprint density at radius 3 is 2.35 bits per heavy atom. The Morgan fingerprint density at radius 1 is 1.00 bits per heavy atom. The van der Waals surface area contributed by atoms with Gasteiger partial charge in [-0.3, -0.25) is 0 Å². The zero-order valence-corrected chi connectivity index (χ0v) is 10.1. The first-order valence-corrected chi connectivity index (χ1v) is 5.61. The molecule has 0 fully saturated rings. The highest BCUT2D eigenvalue weighted by Gasteiger charge is 2.07. The van der Waals surface area contributed by atoms with Crippen molar-refractivity contribution in [1.82, 2.24) is 0 Å². The molecule has 0 aromatic heterocycles. The second kappa shape index (κ2) is 4.78. The molecule has 4 heteroatoms. The van der Waals surface area contributed by atoms with Gasteiger partial charge in [0, 0.05) is 5.56 Å². The van der Waals surface area contributed by atoms with Gasteiger partial charge in [-0.15, -0.1) is 0 Å². The minimum Gasteiger partial charge on any atom is -0.545 e. The first kappa shape index (κ1) is 12.0. The molecule has 0 atom stereocenters. The summed E-state index contributed by atoms with van der Waals surface area (Å²) in [5, 5.41) is 11.8. The number of carbonyl (C=O) groups excluding carboxylic acids is 1. The molecule has 2 aromatic rings. The van der Waals surface area contributed by atoms with Crippen LogP contribution in [0.1, 0.15) is 10.4 Å². The van der Waals surface area contributed by atoms with Crippen LogP contribution in [0.4, 0.5) is 0 Å². The van der Waals surface area contributed by atoms with Crippen molar-refractivity contribution >= 4 is 29.2 Å². The normalized spacial score (nSPS) is 10.2. The zero-order chi connectivity index (χ0) is 12.4. The monoisotopic (exact) mass is 265 g/mol. The molecule has 2 rings (SSSR count). The van der Waals surface area contributed by atoms with Crippen molar-refractivity contribution < 1.29 is 9.90 Å². The standard InChI is InChI=1S/C13H8Cl2O2/c14-11-6-5-8(7-12(11)15)9-3-1-2-4-10(9)13(16)17/h1-7H,(H,16,17)/p-1. The highest BCUT2D eigenvalue weighted by Crippen LogP contribution is 2.30. The van der Waals surface area contributed by atoms with Crippen LogP contribution in [0.2, 0.25) is 10.0 Å². The molecule has 86 valence electrons. The highest BCUT2D eigenvalue weighted by molar-refractivity contribution is 6.42. The van der Waals surface area contributed by atoms with Crippen molar-refractivity contribution in [2.45, 2.75) is 0 Å². The number of carboxylic acids is 1. The van der Waals surface area contributed by atoms with Gasteiger partial charge in [0.2, 0.25) is 0 Å². The number of benzene rings is 2. The van der Waals surface area contributed by atoms with E-state index in [1.165, 1.54) is 6.07 Å². The topological polar surface area (TPSA) is 40.1 Å². The Bertz CT molecular complexity index is 579. The van der Waals surface area contributed by atoms with Crippen LogP contribution in [-0.4, -0.2) is 5.97 Å². The molecule has 17 heavy (non-hydrogen) atoms. The number of carbonyl (C=O) groups is 1. The van der Waals surface area contributed by atoms with Gasteiger partial charge in [0.15, 0.2) is 0 Å². The molecule has 0 aliphatic rings. The quantitative estimate of drug-likeness (QED) is 0.838. The summed E-state index contributed by atoms with van der Waals surface area (Å²) in [6.07, 6.45) is 0. The number of hydrogen-bond donors (Lipinski definition) is 0. The van der Waals surface area contributed by atoms with Crippen LogP contribution < -0.4 is 5.11 Å². The zero-order valence-electron chi connectivity index (χ0n) is 8.61. The Labute approximate surface area is 108 Å². The molecule has 0 aliphatic heterocycles. The molecule has 0 spiro atoms. The molecule has 0 N–H and O–H groups in total. The van der Waals surface area contributed by atoms with E-state index in [1.54, 1.807) is 36.4 Å². The summed E-state index contributed by atoms with van der Waals surface area (Å²) in [7, 11) is 0. The second-order valence-corrected chi connectivity index (χ2v) is 4.28. The van der Waals surface area contributed by atoms with Crippen LogP contribution in [0.5, 0.6) is 0 Å². The molecular formula is C13H7Cl2O2-. The maximum Gasteiger partial charge on any atom is 0.0721 e. The molecule has 0 heterocycles. The summed E-state index contributed by atoms with van der Waals surface area (Å²) in [4.78, 5) is 11.0. The molecule has 0 saturated carbocycles. The van der Waals surface area contributed by atoms with Gasteiger partial charge >= 0.3 is 0 Å². The van der Waals surface area contributed by atoms with E-state index in [4.69, 9.17) is 23.2 Å². The fraction of sp³-hybridized carbons (Fsp3) is 0. The van der Waals surface area contributed by atoms with Crippen molar-refractivity contribution in [3.8, 4) is 11.1 Å². The average Bonchev–Trinajstić information content (AvgIpc) is 2.32. The SMILES string of the molecule is O=C([O-])c1ccccc1-c1ccc(Cl)c(Cl)c1. The Balaban J connectivity index is 2.60. The van der Waals surface area contributed by atoms with E-state index in [9.17, 15) is 9.90 Å². The summed E-state index contributed by atoms with van der Waals surface area (Å²) in [6, 6.07) is 11.6. The van der Waals surface area contributed by atoms with Crippen LogP contribution in [-0.2, 0) is 0 Å². The third-order valence-corrected chi connectivity index (χ3v) is 3.12. The summed E-state index contributed by atoms with van der Waals surface area (Å²) < 4.78 is 0. The van der Waals surface area contributed by atoms with Gasteiger partial charge in [0.1, 0.15) is 0 Å². The van der Waals surface area contributed by atoms with E-state index >= 15 is 0 Å². The molecule has 0 unspecified atom stereocenters. The predicted molar refractivity (Wildman–Crippen MR) is 66.2 cm³/mol. The Morgan fingerprint density at radius 2 is 1.71 bits per heavy atom. The van der Waals surface area contributed by atoms with E-state index in [0.717, 1.165) is 0 Å². The van der Waals surface area contributed by atoms with Gasteiger partial charge < -0.3 is 9.90 Å². The third-order valence-electron chi connectivity index (χ3n) is 2.38. The number of hydrogen-bond acceptors (Lipinski definition) is 2. The minimum absolute atomic E-state index is 0.130. The van der Waals surface area contributed by atoms with Crippen molar-refractivity contribution in [2.75, 3.05) is 0 Å². The lowest BCUT2D eigenvalue weighted by Gasteiger charge is -2.10. The average molecular weight is 266 g/mol. The lowest BCUT2D eigenvalue weighted by molar-refractivity contribution is -0.254. The van der Waals surface area contributed by atoms with Gasteiger partial charge in [0.05, 0.1) is 16.0 Å². The molecule has 0 amide bonds. The van der Waals surface area contributed by atoms with Crippen LogP contribution in [0, 0.1) is 0 Å². The van der Waals surface area contributed by atoms with E-state index in [0.29, 0.717) is 21.2 Å². The molecule has 0 bridgehead atoms. The van der Waals surface area contributed by atoms with Gasteiger partial charge in [-0.1, -0.05) is 53.5 Å². The number of rotatable bonds is 2. The molecule has 0 saturated heterocycles. The Kier molecular flexibility index (Phi) is 3.36. The largest absolute Gasteiger partial charge is 0.545 e. The molecule has 0 radical (unpaired) electrons. The lowest BCUT2D eigenvalue weighted by Crippen LogP contribution is -2.22. The van der Waals surface area contributed by atoms with Crippen LogP contribution in [0.25, 0.3) is 11.1 Å². The summed E-state index contributed by atoms with van der Waals surface area (Å²) >= 11 is 11.7. The number of carboxylic acid groups (broad SMARTS) is 1. The Hall–Kier alpha value is -1.51. The maximum absolute atomic E-state index is 11.0. The van der Waals surface area contributed by atoms with Crippen molar-refractivity contribution in [2.24, 2.45) is 0 Å². The summed E-state index contributed by atoms with van der Waals surface area (Å²) in [6.45, 7) is 0. The van der Waals surface area contributed by atoms with Gasteiger partial charge in [-0.05, 0) is 23.3 Å². The van der Waals surface area contributed by atoms with Gasteiger partial charge in [-0.2, -0.15) is 0 Å². The summed E-state index contributed by atoms with van der Waals surface area (Å²) in [5.41, 5.74) is 1.39. The first-order chi connectivity index (χ1) is 8.09. The fourth-order valence-electron chi connectivity index (χ4n) is 1.58. The van der Waals surface area contributed by atoms with E-state index in [1.807, 2.05) is 0 Å². The molecule has 0 aliphatic carbocycles. The van der Waals surface area contributed by atoms with Crippen molar-refractivity contribution in [3.05, 3.63) is 58.1 Å². The smallest absolute Gasteiger partial charge is 0.0721 e. The van der Waals surface area contributed by atoms with E-state index in [2.05, 4.69) is 0 Å². The minimum atomic E-state index is -1.22. The van der Waals surface area contributed by atoms with Crippen molar-refractivity contribution in [1.29, 1.82) is 0 Å². The van der Waals surface area contributed by atoms with Crippen molar-refractivity contribution in [3.63, 3.8) is 0 Å². The fourth-order valence-corrected chi connectivity index (χ4v) is 1.87. The predicted octanol–water partition coefficient (Wildman–Crippen LogP) is 3.02. The molecular weight excluding hydrogens is 259 g/mol. The first-order valence-electron chi connectivity index (χ1n) is 4.85. The number of halogens is 2. The van der Waals surface area contributed by atoms with E-state index in [-0.39, 0.29) is 5.56 Å². The van der Waals surface area contributed by atoms with Gasteiger partial charge in [0.25, 0.3) is 0 Å². The van der Waals surface area contributed by atoms with E-state index < -0.39 is 5.97 Å². The lowest BCUT2D eigenvalue weighted by atomic mass is 10.00. The summed E-state index contributed by atoms with van der Waals surface area (Å²) in [5.74, 6) is -1.22. The number of aromatic carboxylic acids is 1. The van der Waals surface area contributed by atoms with Crippen LogP contribution in [0.3, 0.4) is 0 Å². The highest BCUT2D eigenvalue weighted by atomic mass is 35.5. The van der Waals surface area contributed by atoms with Crippen LogP contribution in [0.15, 0.2) is 42.5 Å². The maximum atomic E-state index is 11.0. The third kappa shape index (κ3) is 2.43.